The Morgan fingerprint density at radius 3 is 2.44 bits per heavy atom. The molecule has 2 heterocycles. The van der Waals surface area contributed by atoms with Crippen molar-refractivity contribution in [2.45, 2.75) is 46.5 Å². The monoisotopic (exact) mass is 248 g/mol. The molecule has 2 rings (SSSR count). The van der Waals surface area contributed by atoms with Gasteiger partial charge in [0.05, 0.1) is 16.9 Å². The first-order valence-electron chi connectivity index (χ1n) is 6.54. The Labute approximate surface area is 106 Å². The lowest BCUT2D eigenvalue weighted by Gasteiger charge is -2.06. The number of aromatic nitrogens is 4. The summed E-state index contributed by atoms with van der Waals surface area (Å²) in [6.45, 7) is 6.16. The van der Waals surface area contributed by atoms with Gasteiger partial charge in [-0.25, -0.2) is 18.9 Å². The smallest absolute Gasteiger partial charge is 0.246 e. The number of hydrogen-bond donors (Lipinski definition) is 0. The van der Waals surface area contributed by atoms with Gasteiger partial charge in [0.25, 0.3) is 0 Å². The van der Waals surface area contributed by atoms with Gasteiger partial charge in [0.2, 0.25) is 0 Å². The van der Waals surface area contributed by atoms with Gasteiger partial charge in [-0.05, 0) is 19.8 Å². The predicted octanol–water partition coefficient (Wildman–Crippen LogP) is 1.64. The second-order valence-electron chi connectivity index (χ2n) is 4.65. The van der Waals surface area contributed by atoms with Crippen molar-refractivity contribution in [1.29, 1.82) is 0 Å². The first kappa shape index (κ1) is 12.8. The van der Waals surface area contributed by atoms with Crippen LogP contribution in [0.5, 0.6) is 0 Å². The van der Waals surface area contributed by atoms with E-state index in [0.717, 1.165) is 48.4 Å². The molecule has 0 N–H and O–H groups in total. The normalized spacial score (nSPS) is 11.3. The minimum absolute atomic E-state index is 0.103. The number of rotatable bonds is 4. The molecule has 0 fully saturated rings. The maximum Gasteiger partial charge on any atom is 0.350 e. The van der Waals surface area contributed by atoms with Gasteiger partial charge in [-0.2, -0.15) is 5.10 Å². The highest BCUT2D eigenvalue weighted by Gasteiger charge is 2.16. The SMILES string of the molecule is CCCc1nn(C)c(=O)n2c(CCC)nc(C)c12. The van der Waals surface area contributed by atoms with Gasteiger partial charge in [0, 0.05) is 13.5 Å². The van der Waals surface area contributed by atoms with E-state index in [2.05, 4.69) is 23.9 Å². The first-order chi connectivity index (χ1) is 8.60. The van der Waals surface area contributed by atoms with Gasteiger partial charge in [-0.15, -0.1) is 0 Å². The van der Waals surface area contributed by atoms with E-state index in [0.29, 0.717) is 0 Å². The molecule has 0 atom stereocenters. The van der Waals surface area contributed by atoms with Crippen LogP contribution in [0.1, 0.15) is 43.9 Å². The molecule has 0 aliphatic carbocycles. The van der Waals surface area contributed by atoms with E-state index in [1.807, 2.05) is 6.92 Å². The number of nitrogens with zero attached hydrogens (tertiary/aromatic N) is 4. The molecule has 0 aromatic carbocycles. The minimum atomic E-state index is -0.103. The van der Waals surface area contributed by atoms with Crippen molar-refractivity contribution in [3.63, 3.8) is 0 Å². The summed E-state index contributed by atoms with van der Waals surface area (Å²) in [4.78, 5) is 16.8. The number of hydrogen-bond acceptors (Lipinski definition) is 3. The van der Waals surface area contributed by atoms with Crippen LogP contribution >= 0.6 is 0 Å². The Morgan fingerprint density at radius 1 is 1.17 bits per heavy atom. The summed E-state index contributed by atoms with van der Waals surface area (Å²) < 4.78 is 3.15. The van der Waals surface area contributed by atoms with E-state index in [1.165, 1.54) is 4.68 Å². The fourth-order valence-corrected chi connectivity index (χ4v) is 2.34. The first-order valence-corrected chi connectivity index (χ1v) is 6.54. The average molecular weight is 248 g/mol. The molecule has 0 saturated heterocycles. The second-order valence-corrected chi connectivity index (χ2v) is 4.65. The molecule has 0 amide bonds. The summed E-state index contributed by atoms with van der Waals surface area (Å²) in [6.07, 6.45) is 3.68. The average Bonchev–Trinajstić information content (AvgIpc) is 2.64. The molecule has 0 radical (unpaired) electrons. The van der Waals surface area contributed by atoms with Gasteiger partial charge < -0.3 is 0 Å². The molecule has 0 aliphatic rings. The van der Waals surface area contributed by atoms with Crippen LogP contribution in [0, 0.1) is 6.92 Å². The lowest BCUT2D eigenvalue weighted by molar-refractivity contribution is 0.626. The zero-order chi connectivity index (χ0) is 13.3. The van der Waals surface area contributed by atoms with E-state index < -0.39 is 0 Å². The Balaban J connectivity index is 2.82. The van der Waals surface area contributed by atoms with Crippen LogP contribution < -0.4 is 5.69 Å². The standard InChI is InChI=1S/C13H20N4O/c1-5-7-10-12-9(3)14-11(8-6-2)17(12)13(18)16(4)15-10/h5-8H2,1-4H3. The molecule has 2 aromatic rings. The van der Waals surface area contributed by atoms with E-state index in [4.69, 9.17) is 0 Å². The largest absolute Gasteiger partial charge is 0.350 e. The number of fused-ring (bicyclic) bond motifs is 1. The summed E-state index contributed by atoms with van der Waals surface area (Å²) in [6, 6.07) is 0. The van der Waals surface area contributed by atoms with Crippen molar-refractivity contribution in [1.82, 2.24) is 19.2 Å². The molecule has 2 aromatic heterocycles. The lowest BCUT2D eigenvalue weighted by atomic mass is 10.2. The maximum atomic E-state index is 12.2. The molecule has 18 heavy (non-hydrogen) atoms. The maximum absolute atomic E-state index is 12.2. The zero-order valence-electron chi connectivity index (χ0n) is 11.5. The van der Waals surface area contributed by atoms with Gasteiger partial charge in [-0.1, -0.05) is 20.3 Å². The van der Waals surface area contributed by atoms with Crippen molar-refractivity contribution >= 4 is 5.52 Å². The Kier molecular flexibility index (Phi) is 3.50. The Hall–Kier alpha value is -1.65. The van der Waals surface area contributed by atoms with Crippen molar-refractivity contribution in [2.24, 2.45) is 7.05 Å². The highest BCUT2D eigenvalue weighted by atomic mass is 16.2. The summed E-state index contributed by atoms with van der Waals surface area (Å²) >= 11 is 0. The van der Waals surface area contributed by atoms with Gasteiger partial charge in [0.15, 0.2) is 0 Å². The minimum Gasteiger partial charge on any atom is -0.246 e. The third kappa shape index (κ3) is 1.94. The lowest BCUT2D eigenvalue weighted by Crippen LogP contribution is -2.29. The molecule has 0 bridgehead atoms. The molecule has 5 nitrogen and oxygen atoms in total. The van der Waals surface area contributed by atoms with Crippen molar-refractivity contribution in [2.75, 3.05) is 0 Å². The molecular formula is C13H20N4O. The summed E-state index contributed by atoms with van der Waals surface area (Å²) in [7, 11) is 1.70. The second kappa shape index (κ2) is 4.92. The van der Waals surface area contributed by atoms with Gasteiger partial charge in [0.1, 0.15) is 5.82 Å². The van der Waals surface area contributed by atoms with Gasteiger partial charge >= 0.3 is 5.69 Å². The van der Waals surface area contributed by atoms with Crippen LogP contribution in [0.25, 0.3) is 5.52 Å². The van der Waals surface area contributed by atoms with Crippen LogP contribution in [0.15, 0.2) is 4.79 Å². The highest BCUT2D eigenvalue weighted by Crippen LogP contribution is 2.15. The van der Waals surface area contributed by atoms with Crippen LogP contribution in [-0.2, 0) is 19.9 Å². The van der Waals surface area contributed by atoms with Crippen LogP contribution in [-0.4, -0.2) is 19.2 Å². The van der Waals surface area contributed by atoms with Crippen molar-refractivity contribution < 1.29 is 0 Å². The fourth-order valence-electron chi connectivity index (χ4n) is 2.34. The topological polar surface area (TPSA) is 52.2 Å². The third-order valence-electron chi connectivity index (χ3n) is 3.09. The Morgan fingerprint density at radius 2 is 1.83 bits per heavy atom. The van der Waals surface area contributed by atoms with Crippen LogP contribution in [0.2, 0.25) is 0 Å². The van der Waals surface area contributed by atoms with E-state index >= 15 is 0 Å². The summed E-state index contributed by atoms with van der Waals surface area (Å²) in [5.41, 5.74) is 2.68. The predicted molar refractivity (Wildman–Crippen MR) is 71.0 cm³/mol. The molecule has 0 aliphatic heterocycles. The van der Waals surface area contributed by atoms with E-state index in [9.17, 15) is 4.79 Å². The van der Waals surface area contributed by atoms with Crippen LogP contribution in [0.3, 0.4) is 0 Å². The zero-order valence-corrected chi connectivity index (χ0v) is 11.5. The summed E-state index contributed by atoms with van der Waals surface area (Å²) in [5.74, 6) is 0.852. The van der Waals surface area contributed by atoms with E-state index in [1.54, 1.807) is 11.4 Å². The molecule has 0 saturated carbocycles. The van der Waals surface area contributed by atoms with Crippen molar-refractivity contribution in [3.05, 3.63) is 27.7 Å². The van der Waals surface area contributed by atoms with E-state index in [-0.39, 0.29) is 5.69 Å². The molecule has 0 unspecified atom stereocenters. The summed E-state index contributed by atoms with van der Waals surface area (Å²) in [5, 5.41) is 4.37. The van der Waals surface area contributed by atoms with Crippen molar-refractivity contribution in [3.8, 4) is 0 Å². The number of aryl methyl sites for hydroxylation is 4. The molecule has 5 heteroatoms. The molecule has 98 valence electrons. The Bertz CT molecular complexity index is 624. The highest BCUT2D eigenvalue weighted by molar-refractivity contribution is 5.56. The number of imidazole rings is 1. The fraction of sp³-hybridized carbons (Fsp3) is 0.615. The van der Waals surface area contributed by atoms with Crippen LogP contribution in [0.4, 0.5) is 0 Å². The molecule has 0 spiro atoms. The van der Waals surface area contributed by atoms with Gasteiger partial charge in [-0.3, -0.25) is 0 Å². The quantitative estimate of drug-likeness (QED) is 0.826. The third-order valence-corrected chi connectivity index (χ3v) is 3.09. The molecular weight excluding hydrogens is 228 g/mol.